The van der Waals surface area contributed by atoms with Crippen LogP contribution in [0.4, 0.5) is 0 Å². The van der Waals surface area contributed by atoms with Gasteiger partial charge in [-0.2, -0.15) is 0 Å². The molecule has 0 fully saturated rings. The van der Waals surface area contributed by atoms with E-state index >= 15 is 0 Å². The van der Waals surface area contributed by atoms with Gasteiger partial charge in [0.1, 0.15) is 0 Å². The highest BCUT2D eigenvalue weighted by molar-refractivity contribution is 5.78. The van der Waals surface area contributed by atoms with Crippen molar-refractivity contribution in [2.24, 2.45) is 0 Å². The lowest BCUT2D eigenvalue weighted by Crippen LogP contribution is -2.21. The molecule has 0 aromatic rings. The average Bonchev–Trinajstić information content (AvgIpc) is 2.66. The van der Waals surface area contributed by atoms with E-state index in [1.807, 2.05) is 0 Å². The van der Waals surface area contributed by atoms with E-state index in [2.05, 4.69) is 34.3 Å². The Labute approximate surface area is 161 Å². The summed E-state index contributed by atoms with van der Waals surface area (Å²) in [5, 5.41) is 22.9. The number of carboxylic acid groups (broad SMARTS) is 1. The third-order valence-corrected chi connectivity index (χ3v) is 3.83. The summed E-state index contributed by atoms with van der Waals surface area (Å²) in [6, 6.07) is 0. The Morgan fingerprint density at radius 2 is 1.23 bits per heavy atom. The number of aliphatic hydroxyl groups excluding tert-OH is 2. The van der Waals surface area contributed by atoms with Crippen LogP contribution in [-0.4, -0.2) is 46.7 Å². The van der Waals surface area contributed by atoms with Gasteiger partial charge in [-0.15, -0.1) is 0 Å². The molecule has 0 aliphatic carbocycles. The van der Waals surface area contributed by atoms with E-state index in [9.17, 15) is 4.79 Å². The number of rotatable bonds is 14. The molecular weight excluding hydrogens is 332 g/mol. The fraction of sp³-hybridized carbons (Fsp3) is 0.857. The van der Waals surface area contributed by atoms with Gasteiger partial charge in [0.2, 0.25) is 0 Å². The molecule has 0 radical (unpaired) electrons. The zero-order valence-electron chi connectivity index (χ0n) is 17.6. The molecule has 0 saturated heterocycles. The molecule has 0 rings (SSSR count). The van der Waals surface area contributed by atoms with Crippen LogP contribution in [0.3, 0.4) is 0 Å². The van der Waals surface area contributed by atoms with Gasteiger partial charge in [0.15, 0.2) is 0 Å². The maximum absolute atomic E-state index is 9.25. The highest BCUT2D eigenvalue weighted by atomic mass is 16.5. The van der Waals surface area contributed by atoms with Gasteiger partial charge in [-0.1, -0.05) is 72.8 Å². The van der Waals surface area contributed by atoms with Crippen molar-refractivity contribution in [3.63, 3.8) is 0 Å². The van der Waals surface area contributed by atoms with Crippen LogP contribution in [0, 0.1) is 0 Å². The van der Waals surface area contributed by atoms with Crippen LogP contribution in [-0.2, 0) is 9.53 Å². The molecule has 2 unspecified atom stereocenters. The molecule has 2 atom stereocenters. The van der Waals surface area contributed by atoms with Crippen molar-refractivity contribution < 1.29 is 24.9 Å². The minimum atomic E-state index is -0.981. The van der Waals surface area contributed by atoms with E-state index in [1.54, 1.807) is 0 Å². The second-order valence-electron chi connectivity index (χ2n) is 6.18. The van der Waals surface area contributed by atoms with E-state index in [4.69, 9.17) is 20.1 Å². The third-order valence-electron chi connectivity index (χ3n) is 3.83. The molecule has 3 N–H and O–H groups in total. The molecule has 0 heterocycles. The fourth-order valence-electron chi connectivity index (χ4n) is 2.25. The summed E-state index contributed by atoms with van der Waals surface area (Å²) in [5.41, 5.74) is 0. The predicted octanol–water partition coefficient (Wildman–Crippen LogP) is 4.95. The van der Waals surface area contributed by atoms with Crippen molar-refractivity contribution in [3.05, 3.63) is 12.7 Å². The van der Waals surface area contributed by atoms with Crippen LogP contribution in [0.1, 0.15) is 91.9 Å². The van der Waals surface area contributed by atoms with Crippen molar-refractivity contribution in [2.45, 2.75) is 104 Å². The van der Waals surface area contributed by atoms with Gasteiger partial charge in [0.25, 0.3) is 0 Å². The minimum Gasteiger partial charge on any atom is -0.478 e. The fourth-order valence-corrected chi connectivity index (χ4v) is 2.25. The Bertz CT molecular complexity index is 264. The first-order valence-electron chi connectivity index (χ1n) is 10.2. The molecule has 26 heavy (non-hydrogen) atoms. The van der Waals surface area contributed by atoms with Crippen LogP contribution >= 0.6 is 0 Å². The largest absolute Gasteiger partial charge is 0.478 e. The zero-order valence-corrected chi connectivity index (χ0v) is 17.6. The molecule has 0 spiro atoms. The highest BCUT2D eigenvalue weighted by Crippen LogP contribution is 2.17. The Morgan fingerprint density at radius 3 is 1.42 bits per heavy atom. The maximum atomic E-state index is 9.25. The lowest BCUT2D eigenvalue weighted by molar-refractivity contribution is -0.131. The number of aliphatic carboxylic acids is 1. The zero-order chi connectivity index (χ0) is 20.6. The van der Waals surface area contributed by atoms with E-state index in [0.717, 1.165) is 6.08 Å². The van der Waals surface area contributed by atoms with Crippen molar-refractivity contribution in [2.75, 3.05) is 13.2 Å². The summed E-state index contributed by atoms with van der Waals surface area (Å²) in [7, 11) is 0. The number of ether oxygens (including phenoxy) is 1. The Morgan fingerprint density at radius 1 is 0.885 bits per heavy atom. The van der Waals surface area contributed by atoms with E-state index in [-0.39, 0.29) is 13.2 Å². The van der Waals surface area contributed by atoms with E-state index in [0.29, 0.717) is 12.2 Å². The summed E-state index contributed by atoms with van der Waals surface area (Å²) in [4.78, 5) is 9.25. The molecular formula is C21H44O5. The second-order valence-corrected chi connectivity index (χ2v) is 6.18. The first-order chi connectivity index (χ1) is 12.5. The van der Waals surface area contributed by atoms with Gasteiger partial charge in [-0.25, -0.2) is 4.79 Å². The highest BCUT2D eigenvalue weighted by Gasteiger charge is 2.13. The number of hydrogen-bond donors (Lipinski definition) is 3. The molecule has 0 amide bonds. The third kappa shape index (κ3) is 27.9. The Balaban J connectivity index is -0.000000484. The first kappa shape index (κ1) is 29.8. The number of carboxylic acids is 1. The molecule has 0 aromatic carbocycles. The van der Waals surface area contributed by atoms with E-state index < -0.39 is 5.97 Å². The monoisotopic (exact) mass is 376 g/mol. The molecule has 0 bridgehead atoms. The molecule has 0 aromatic heterocycles. The summed E-state index contributed by atoms with van der Waals surface area (Å²) in [5.74, 6) is -0.981. The van der Waals surface area contributed by atoms with Gasteiger partial charge < -0.3 is 20.1 Å². The van der Waals surface area contributed by atoms with Gasteiger partial charge >= 0.3 is 5.97 Å². The summed E-state index contributed by atoms with van der Waals surface area (Å²) in [6.07, 6.45) is 14.7. The molecule has 5 heteroatoms. The Kier molecular flexibility index (Phi) is 30.2. The topological polar surface area (TPSA) is 87.0 Å². The smallest absolute Gasteiger partial charge is 0.327 e. The summed E-state index contributed by atoms with van der Waals surface area (Å²) in [6.45, 7) is 11.8. The normalized spacial score (nSPS) is 12.1. The summed E-state index contributed by atoms with van der Waals surface area (Å²) >= 11 is 0. The minimum absolute atomic E-state index is 0.125. The molecule has 158 valence electrons. The van der Waals surface area contributed by atoms with Crippen molar-refractivity contribution in [1.82, 2.24) is 0 Å². The number of aliphatic hydroxyl groups is 2. The number of hydrogen-bond acceptors (Lipinski definition) is 4. The molecule has 0 aliphatic heterocycles. The SMILES string of the molecule is C=CC(=O)O.CCCCCC(CC)OC(CC)CCCCC.OCCO. The van der Waals surface area contributed by atoms with Crippen molar-refractivity contribution >= 4 is 5.97 Å². The quantitative estimate of drug-likeness (QED) is 0.295. The van der Waals surface area contributed by atoms with Crippen molar-refractivity contribution in [3.8, 4) is 0 Å². The van der Waals surface area contributed by atoms with Gasteiger partial charge in [-0.05, 0) is 25.7 Å². The van der Waals surface area contributed by atoms with Gasteiger partial charge in [0, 0.05) is 6.08 Å². The van der Waals surface area contributed by atoms with Crippen LogP contribution < -0.4 is 0 Å². The lowest BCUT2D eigenvalue weighted by atomic mass is 10.1. The van der Waals surface area contributed by atoms with E-state index in [1.165, 1.54) is 64.2 Å². The Hall–Kier alpha value is -0.910. The van der Waals surface area contributed by atoms with Crippen LogP contribution in [0.25, 0.3) is 0 Å². The summed E-state index contributed by atoms with van der Waals surface area (Å²) < 4.78 is 6.24. The number of unbranched alkanes of at least 4 members (excludes halogenated alkanes) is 4. The maximum Gasteiger partial charge on any atom is 0.327 e. The molecule has 5 nitrogen and oxygen atoms in total. The van der Waals surface area contributed by atoms with Gasteiger partial charge in [-0.3, -0.25) is 0 Å². The van der Waals surface area contributed by atoms with Crippen LogP contribution in [0.5, 0.6) is 0 Å². The molecule has 0 saturated carbocycles. The average molecular weight is 377 g/mol. The first-order valence-corrected chi connectivity index (χ1v) is 10.2. The predicted molar refractivity (Wildman–Crippen MR) is 110 cm³/mol. The van der Waals surface area contributed by atoms with Crippen molar-refractivity contribution in [1.29, 1.82) is 0 Å². The van der Waals surface area contributed by atoms with Gasteiger partial charge in [0.05, 0.1) is 25.4 Å². The lowest BCUT2D eigenvalue weighted by Gasteiger charge is -2.23. The molecule has 0 aliphatic rings. The standard InChI is InChI=1S/C16H34O.C3H4O2.C2H6O2/c1-5-9-11-13-15(7-3)17-16(8-4)14-12-10-6-2;1-2-3(4)5;3-1-2-4/h15-16H,5-14H2,1-4H3;2H,1H2,(H,4,5);3-4H,1-2H2. The second kappa shape index (κ2) is 26.3. The van der Waals surface area contributed by atoms with Crippen LogP contribution in [0.2, 0.25) is 0 Å². The van der Waals surface area contributed by atoms with Crippen LogP contribution in [0.15, 0.2) is 12.7 Å². The number of carbonyl (C=O) groups is 1.